The largest absolute Gasteiger partial charge is 0.475 e. The van der Waals surface area contributed by atoms with Crippen molar-refractivity contribution in [2.24, 2.45) is 0 Å². The van der Waals surface area contributed by atoms with Crippen molar-refractivity contribution in [2.75, 3.05) is 6.26 Å². The zero-order valence-electron chi connectivity index (χ0n) is 16.3. The van der Waals surface area contributed by atoms with Gasteiger partial charge in [-0.25, -0.2) is 22.0 Å². The fraction of sp³-hybridized carbons (Fsp3) is 0.381. The third-order valence-corrected chi connectivity index (χ3v) is 6.22. The Balaban J connectivity index is 2.06. The van der Waals surface area contributed by atoms with Gasteiger partial charge in [0.05, 0.1) is 10.8 Å². The van der Waals surface area contributed by atoms with Gasteiger partial charge in [-0.2, -0.15) is 0 Å². The van der Waals surface area contributed by atoms with Gasteiger partial charge in [-0.1, -0.05) is 25.5 Å². The van der Waals surface area contributed by atoms with Crippen LogP contribution in [-0.4, -0.2) is 32.3 Å². The van der Waals surface area contributed by atoms with E-state index in [1.165, 1.54) is 18.2 Å². The van der Waals surface area contributed by atoms with Gasteiger partial charge >= 0.3 is 5.97 Å². The Morgan fingerprint density at radius 2 is 1.76 bits per heavy atom. The molecule has 29 heavy (non-hydrogen) atoms. The lowest BCUT2D eigenvalue weighted by Gasteiger charge is -2.33. The predicted octanol–water partition coefficient (Wildman–Crippen LogP) is 4.02. The first kappa shape index (κ1) is 21.2. The molecule has 2 aromatic carbocycles. The molecule has 0 N–H and O–H groups in total. The van der Waals surface area contributed by atoms with Crippen molar-refractivity contribution in [1.29, 1.82) is 0 Å². The number of carbonyl (C=O) groups is 1. The molecule has 0 spiro atoms. The van der Waals surface area contributed by atoms with Gasteiger partial charge in [0.25, 0.3) is 0 Å². The van der Waals surface area contributed by atoms with Crippen LogP contribution in [-0.2, 0) is 19.4 Å². The van der Waals surface area contributed by atoms with E-state index in [9.17, 15) is 22.0 Å². The zero-order chi connectivity index (χ0) is 21.4. The molecule has 3 unspecified atom stereocenters. The van der Waals surface area contributed by atoms with Crippen LogP contribution in [0.25, 0.3) is 0 Å². The van der Waals surface area contributed by atoms with Gasteiger partial charge in [0.1, 0.15) is 11.9 Å². The standard InChI is InChI=1S/C21H22F2O5S/c1-4-11-21(28-15-7-10-17(22)18(23)12-15)19(13(2)27-20(21)24)14-5-8-16(9-6-14)29(3,25)26/h5-10,12-13,19H,4,11H2,1-3H3. The fourth-order valence-corrected chi connectivity index (χ4v) is 4.47. The van der Waals surface area contributed by atoms with E-state index in [1.807, 2.05) is 6.92 Å². The van der Waals surface area contributed by atoms with Gasteiger partial charge in [-0.15, -0.1) is 0 Å². The van der Waals surface area contributed by atoms with Crippen molar-refractivity contribution in [3.8, 4) is 5.75 Å². The molecule has 8 heteroatoms. The Hall–Kier alpha value is -2.48. The topological polar surface area (TPSA) is 69.7 Å². The summed E-state index contributed by atoms with van der Waals surface area (Å²) in [5.74, 6) is -3.23. The lowest BCUT2D eigenvalue weighted by Crippen LogP contribution is -2.46. The van der Waals surface area contributed by atoms with E-state index in [0.29, 0.717) is 12.0 Å². The Morgan fingerprint density at radius 3 is 2.31 bits per heavy atom. The summed E-state index contributed by atoms with van der Waals surface area (Å²) in [6.07, 6.45) is 1.42. The first-order valence-electron chi connectivity index (χ1n) is 9.23. The lowest BCUT2D eigenvalue weighted by molar-refractivity contribution is -0.153. The first-order valence-corrected chi connectivity index (χ1v) is 11.1. The highest BCUT2D eigenvalue weighted by molar-refractivity contribution is 7.90. The normalized spacial score (nSPS) is 24.4. The molecule has 5 nitrogen and oxygen atoms in total. The van der Waals surface area contributed by atoms with Gasteiger partial charge in [0.2, 0.25) is 5.60 Å². The number of carbonyl (C=O) groups excluding carboxylic acids is 1. The molecule has 0 saturated carbocycles. The molecular formula is C21H22F2O5S. The summed E-state index contributed by atoms with van der Waals surface area (Å²) in [7, 11) is -3.37. The third kappa shape index (κ3) is 3.99. The second-order valence-corrected chi connectivity index (χ2v) is 9.26. The number of ether oxygens (including phenoxy) is 2. The van der Waals surface area contributed by atoms with Gasteiger partial charge in [-0.3, -0.25) is 0 Å². The van der Waals surface area contributed by atoms with Gasteiger partial charge < -0.3 is 9.47 Å². The second-order valence-electron chi connectivity index (χ2n) is 7.25. The van der Waals surface area contributed by atoms with Crippen LogP contribution in [0.3, 0.4) is 0 Å². The predicted molar refractivity (Wildman–Crippen MR) is 102 cm³/mol. The van der Waals surface area contributed by atoms with Crippen molar-refractivity contribution < 1.29 is 31.5 Å². The van der Waals surface area contributed by atoms with Crippen molar-refractivity contribution in [3.05, 3.63) is 59.7 Å². The highest BCUT2D eigenvalue weighted by atomic mass is 32.2. The quantitative estimate of drug-likeness (QED) is 0.656. The number of cyclic esters (lactones) is 1. The molecule has 2 aromatic rings. The van der Waals surface area contributed by atoms with Crippen molar-refractivity contribution in [3.63, 3.8) is 0 Å². The SMILES string of the molecule is CCCC1(Oc2ccc(F)c(F)c2)C(=O)OC(C)C1c1ccc(S(C)(=O)=O)cc1. The molecule has 1 fully saturated rings. The van der Waals surface area contributed by atoms with E-state index >= 15 is 0 Å². The number of esters is 1. The lowest BCUT2D eigenvalue weighted by atomic mass is 9.78. The maximum atomic E-state index is 13.7. The van der Waals surface area contributed by atoms with Crippen molar-refractivity contribution in [1.82, 2.24) is 0 Å². The van der Waals surface area contributed by atoms with Crippen LogP contribution in [0.4, 0.5) is 8.78 Å². The summed E-state index contributed by atoms with van der Waals surface area (Å²) >= 11 is 0. The van der Waals surface area contributed by atoms with Crippen LogP contribution in [0.5, 0.6) is 5.75 Å². The minimum Gasteiger partial charge on any atom is -0.475 e. The second kappa shape index (κ2) is 7.74. The number of sulfone groups is 1. The molecule has 156 valence electrons. The molecule has 1 heterocycles. The fourth-order valence-electron chi connectivity index (χ4n) is 3.84. The van der Waals surface area contributed by atoms with Gasteiger partial charge in [-0.05, 0) is 43.2 Å². The molecule has 3 rings (SSSR count). The molecule has 0 aromatic heterocycles. The third-order valence-electron chi connectivity index (χ3n) is 5.09. The number of hydrogen-bond acceptors (Lipinski definition) is 5. The molecule has 0 amide bonds. The Bertz CT molecular complexity index is 1020. The maximum Gasteiger partial charge on any atom is 0.351 e. The van der Waals surface area contributed by atoms with E-state index < -0.39 is 45.1 Å². The van der Waals surface area contributed by atoms with Crippen LogP contribution in [0.2, 0.25) is 0 Å². The van der Waals surface area contributed by atoms with Crippen molar-refractivity contribution in [2.45, 2.75) is 49.2 Å². The van der Waals surface area contributed by atoms with Crippen LogP contribution in [0.15, 0.2) is 47.4 Å². The summed E-state index contributed by atoms with van der Waals surface area (Å²) in [6, 6.07) is 9.27. The maximum absolute atomic E-state index is 13.7. The minimum atomic E-state index is -3.37. The number of rotatable bonds is 6. The van der Waals surface area contributed by atoms with Gasteiger partial charge in [0, 0.05) is 12.3 Å². The summed E-state index contributed by atoms with van der Waals surface area (Å²) in [5, 5.41) is 0. The van der Waals surface area contributed by atoms with Crippen LogP contribution < -0.4 is 4.74 Å². The first-order chi connectivity index (χ1) is 13.6. The molecule has 1 aliphatic rings. The Kier molecular flexibility index (Phi) is 5.67. The smallest absolute Gasteiger partial charge is 0.351 e. The average molecular weight is 424 g/mol. The zero-order valence-corrected chi connectivity index (χ0v) is 17.1. The molecule has 0 radical (unpaired) electrons. The van der Waals surface area contributed by atoms with Crippen LogP contribution in [0.1, 0.15) is 38.2 Å². The Labute approximate surface area is 168 Å². The molecule has 0 bridgehead atoms. The highest BCUT2D eigenvalue weighted by Gasteiger charge is 2.58. The summed E-state index contributed by atoms with van der Waals surface area (Å²) in [6.45, 7) is 3.59. The number of benzene rings is 2. The molecular weight excluding hydrogens is 402 g/mol. The van der Waals surface area contributed by atoms with Crippen LogP contribution >= 0.6 is 0 Å². The van der Waals surface area contributed by atoms with Gasteiger partial charge in [0.15, 0.2) is 21.5 Å². The van der Waals surface area contributed by atoms with E-state index in [2.05, 4.69) is 0 Å². The van der Waals surface area contributed by atoms with Crippen molar-refractivity contribution >= 4 is 15.8 Å². The average Bonchev–Trinajstić information content (AvgIpc) is 2.87. The summed E-state index contributed by atoms with van der Waals surface area (Å²) in [5.41, 5.74) is -0.780. The monoisotopic (exact) mass is 424 g/mol. The molecule has 3 atom stereocenters. The highest BCUT2D eigenvalue weighted by Crippen LogP contribution is 2.46. The molecule has 1 saturated heterocycles. The summed E-state index contributed by atoms with van der Waals surface area (Å²) in [4.78, 5) is 13.0. The number of hydrogen-bond donors (Lipinski definition) is 0. The number of halogens is 2. The molecule has 1 aliphatic heterocycles. The van der Waals surface area contributed by atoms with Crippen LogP contribution in [0, 0.1) is 11.6 Å². The van der Waals surface area contributed by atoms with E-state index in [4.69, 9.17) is 9.47 Å². The van der Waals surface area contributed by atoms with E-state index in [0.717, 1.165) is 18.4 Å². The molecule has 0 aliphatic carbocycles. The summed E-state index contributed by atoms with van der Waals surface area (Å²) < 4.78 is 61.9. The van der Waals surface area contributed by atoms with E-state index in [-0.39, 0.29) is 17.1 Å². The Morgan fingerprint density at radius 1 is 1.10 bits per heavy atom. The minimum absolute atomic E-state index is 0.0150. The van der Waals surface area contributed by atoms with E-state index in [1.54, 1.807) is 19.1 Å².